The first-order chi connectivity index (χ1) is 15.7. The fourth-order valence-electron chi connectivity index (χ4n) is 4.16. The normalized spacial score (nSPS) is 15.5. The van der Waals surface area contributed by atoms with Crippen molar-refractivity contribution >= 4 is 52.2 Å². The quantitative estimate of drug-likeness (QED) is 0.455. The van der Waals surface area contributed by atoms with Crippen LogP contribution in [0.25, 0.3) is 0 Å². The highest BCUT2D eigenvalue weighted by Gasteiger charge is 2.27. The molecule has 0 saturated carbocycles. The second kappa shape index (κ2) is 9.55. The van der Waals surface area contributed by atoms with E-state index in [9.17, 15) is 4.79 Å². The molecule has 33 heavy (non-hydrogen) atoms. The number of fused-ring (bicyclic) bond motifs is 2. The monoisotopic (exact) mass is 488 g/mol. The van der Waals surface area contributed by atoms with Crippen molar-refractivity contribution in [3.63, 3.8) is 0 Å². The van der Waals surface area contributed by atoms with Gasteiger partial charge in [-0.15, -0.1) is 0 Å². The minimum absolute atomic E-state index is 0.232. The average Bonchev–Trinajstić information content (AvgIpc) is 2.77. The number of piperazine rings is 1. The zero-order valence-corrected chi connectivity index (χ0v) is 21.6. The van der Waals surface area contributed by atoms with E-state index in [1.807, 2.05) is 26.8 Å². The van der Waals surface area contributed by atoms with E-state index in [-0.39, 0.29) is 6.09 Å². The number of carbonyl (C=O) groups is 1. The van der Waals surface area contributed by atoms with Crippen molar-refractivity contribution < 1.29 is 9.53 Å². The maximum atomic E-state index is 12.4. The minimum atomic E-state index is -0.471. The van der Waals surface area contributed by atoms with Crippen LogP contribution in [0.2, 0.25) is 5.02 Å². The van der Waals surface area contributed by atoms with Crippen molar-refractivity contribution in [1.29, 1.82) is 0 Å². The van der Waals surface area contributed by atoms with E-state index in [2.05, 4.69) is 53.2 Å². The molecule has 1 amide bonds. The van der Waals surface area contributed by atoms with Gasteiger partial charge in [-0.1, -0.05) is 23.4 Å². The first kappa shape index (κ1) is 23.9. The van der Waals surface area contributed by atoms with Gasteiger partial charge in [0.2, 0.25) is 0 Å². The molecular formula is C25H33ClN4O2S. The lowest BCUT2D eigenvalue weighted by Crippen LogP contribution is -2.50. The Bertz CT molecular complexity index is 1030. The molecule has 8 heteroatoms. The van der Waals surface area contributed by atoms with E-state index in [0.29, 0.717) is 13.1 Å². The third kappa shape index (κ3) is 5.30. The number of nitrogens with zero attached hydrogens (tertiary/aromatic N) is 3. The van der Waals surface area contributed by atoms with Crippen LogP contribution in [-0.4, -0.2) is 55.9 Å². The fourth-order valence-corrected chi connectivity index (χ4v) is 5.57. The standard InChI is InChI=1S/C25H33ClN4O2S/c1-6-28(7-2)18-14-19(26)23-22(16-18)33-21-15-17(8-9-20(21)27-23)29-10-12-30(13-11-29)24(31)32-25(3,4)5/h8-9,14-16,27H,6-7,10-13H2,1-5H3. The molecule has 0 spiro atoms. The molecule has 6 nitrogen and oxygen atoms in total. The molecule has 1 saturated heterocycles. The highest BCUT2D eigenvalue weighted by Crippen LogP contribution is 2.49. The SMILES string of the molecule is CCN(CC)c1cc(Cl)c2c(c1)Sc1cc(N3CCN(C(=O)OC(C)(C)C)CC3)ccc1N2. The largest absolute Gasteiger partial charge is 0.444 e. The predicted octanol–water partition coefficient (Wildman–Crippen LogP) is 6.45. The molecule has 0 atom stereocenters. The number of halogens is 1. The van der Waals surface area contributed by atoms with E-state index in [4.69, 9.17) is 16.3 Å². The van der Waals surface area contributed by atoms with Crippen LogP contribution < -0.4 is 15.1 Å². The number of anilines is 4. The topological polar surface area (TPSA) is 48.0 Å². The number of hydrogen-bond acceptors (Lipinski definition) is 6. The van der Waals surface area contributed by atoms with Crippen molar-refractivity contribution in [3.05, 3.63) is 35.4 Å². The lowest BCUT2D eigenvalue weighted by atomic mass is 10.2. The van der Waals surface area contributed by atoms with Crippen LogP contribution >= 0.6 is 23.4 Å². The van der Waals surface area contributed by atoms with E-state index >= 15 is 0 Å². The predicted molar refractivity (Wildman–Crippen MR) is 139 cm³/mol. The molecule has 2 aliphatic rings. The molecule has 0 unspecified atom stereocenters. The van der Waals surface area contributed by atoms with Gasteiger partial charge in [-0.25, -0.2) is 4.79 Å². The Morgan fingerprint density at radius 1 is 1.09 bits per heavy atom. The molecule has 2 aromatic carbocycles. The third-order valence-electron chi connectivity index (χ3n) is 5.91. The summed E-state index contributed by atoms with van der Waals surface area (Å²) < 4.78 is 5.52. The number of ether oxygens (including phenoxy) is 1. The van der Waals surface area contributed by atoms with Crippen molar-refractivity contribution in [2.75, 3.05) is 54.4 Å². The molecule has 0 aromatic heterocycles. The Morgan fingerprint density at radius 3 is 2.42 bits per heavy atom. The van der Waals surface area contributed by atoms with Gasteiger partial charge in [-0.3, -0.25) is 0 Å². The fraction of sp³-hybridized carbons (Fsp3) is 0.480. The number of carbonyl (C=O) groups excluding carboxylic acids is 1. The van der Waals surface area contributed by atoms with E-state index < -0.39 is 5.60 Å². The van der Waals surface area contributed by atoms with Gasteiger partial charge in [0.25, 0.3) is 0 Å². The number of nitrogens with one attached hydrogen (secondary N) is 1. The molecule has 2 aromatic rings. The molecule has 178 valence electrons. The van der Waals surface area contributed by atoms with Crippen molar-refractivity contribution in [2.45, 2.75) is 50.0 Å². The lowest BCUT2D eigenvalue weighted by Gasteiger charge is -2.37. The summed E-state index contributed by atoms with van der Waals surface area (Å²) in [7, 11) is 0. The van der Waals surface area contributed by atoms with Crippen molar-refractivity contribution in [2.24, 2.45) is 0 Å². The van der Waals surface area contributed by atoms with E-state index in [1.54, 1.807) is 16.7 Å². The van der Waals surface area contributed by atoms with Crippen molar-refractivity contribution in [3.8, 4) is 0 Å². The maximum absolute atomic E-state index is 12.4. The van der Waals surface area contributed by atoms with Gasteiger partial charge < -0.3 is 24.8 Å². The molecule has 2 heterocycles. The highest BCUT2D eigenvalue weighted by atomic mass is 35.5. The van der Waals surface area contributed by atoms with Gasteiger partial charge in [-0.05, 0) is 65.0 Å². The number of amides is 1. The molecule has 0 bridgehead atoms. The van der Waals surface area contributed by atoms with Crippen LogP contribution in [0, 0.1) is 0 Å². The van der Waals surface area contributed by atoms with Crippen LogP contribution in [0.15, 0.2) is 40.1 Å². The Morgan fingerprint density at radius 2 is 1.79 bits per heavy atom. The summed E-state index contributed by atoms with van der Waals surface area (Å²) in [5.74, 6) is 0. The first-order valence-corrected chi connectivity index (χ1v) is 12.8. The minimum Gasteiger partial charge on any atom is -0.444 e. The molecule has 0 aliphatic carbocycles. The number of benzene rings is 2. The summed E-state index contributed by atoms with van der Waals surface area (Å²) in [6.45, 7) is 14.8. The van der Waals surface area contributed by atoms with Gasteiger partial charge in [0, 0.05) is 60.4 Å². The Labute approximate surface area is 206 Å². The van der Waals surface area contributed by atoms with Crippen molar-refractivity contribution in [1.82, 2.24) is 4.90 Å². The van der Waals surface area contributed by atoms with Crippen LogP contribution in [0.5, 0.6) is 0 Å². The zero-order valence-electron chi connectivity index (χ0n) is 20.1. The molecule has 4 rings (SSSR count). The van der Waals surface area contributed by atoms with Crippen LogP contribution in [0.4, 0.5) is 27.5 Å². The Kier molecular flexibility index (Phi) is 6.91. The number of hydrogen-bond donors (Lipinski definition) is 1. The van der Waals surface area contributed by atoms with Crippen LogP contribution in [-0.2, 0) is 4.74 Å². The van der Waals surface area contributed by atoms with Crippen LogP contribution in [0.1, 0.15) is 34.6 Å². The van der Waals surface area contributed by atoms with E-state index in [1.165, 1.54) is 10.6 Å². The zero-order chi connectivity index (χ0) is 23.8. The van der Waals surface area contributed by atoms with Gasteiger partial charge >= 0.3 is 6.09 Å². The summed E-state index contributed by atoms with van der Waals surface area (Å²) in [5, 5.41) is 4.27. The smallest absolute Gasteiger partial charge is 0.410 e. The molecular weight excluding hydrogens is 456 g/mol. The Hall–Kier alpha value is -2.25. The summed E-state index contributed by atoms with van der Waals surface area (Å²) in [4.78, 5) is 21.1. The third-order valence-corrected chi connectivity index (χ3v) is 7.31. The van der Waals surface area contributed by atoms with Gasteiger partial charge in [0.1, 0.15) is 5.60 Å². The molecule has 2 aliphatic heterocycles. The molecule has 0 radical (unpaired) electrons. The summed E-state index contributed by atoms with van der Waals surface area (Å²) in [6, 6.07) is 10.8. The van der Waals surface area contributed by atoms with Gasteiger partial charge in [0.05, 0.1) is 16.4 Å². The summed E-state index contributed by atoms with van der Waals surface area (Å²) in [6.07, 6.45) is -0.232. The maximum Gasteiger partial charge on any atom is 0.410 e. The second-order valence-electron chi connectivity index (χ2n) is 9.33. The highest BCUT2D eigenvalue weighted by molar-refractivity contribution is 7.99. The van der Waals surface area contributed by atoms with Gasteiger partial charge in [-0.2, -0.15) is 0 Å². The first-order valence-electron chi connectivity index (χ1n) is 11.6. The summed E-state index contributed by atoms with van der Waals surface area (Å²) in [5.41, 5.74) is 3.89. The number of rotatable bonds is 4. The summed E-state index contributed by atoms with van der Waals surface area (Å²) >= 11 is 8.41. The van der Waals surface area contributed by atoms with Gasteiger partial charge in [0.15, 0.2) is 0 Å². The lowest BCUT2D eigenvalue weighted by molar-refractivity contribution is 0.0240. The molecule has 1 fully saturated rings. The van der Waals surface area contributed by atoms with Crippen LogP contribution in [0.3, 0.4) is 0 Å². The van der Waals surface area contributed by atoms with E-state index in [0.717, 1.165) is 53.2 Å². The molecule has 1 N–H and O–H groups in total. The second-order valence-corrected chi connectivity index (χ2v) is 10.8. The Balaban J connectivity index is 1.48. The average molecular weight is 489 g/mol.